The molecular formula is C20H21N7. The van der Waals surface area contributed by atoms with Crippen LogP contribution in [-0.2, 0) is 5.41 Å². The molecule has 0 radical (unpaired) electrons. The van der Waals surface area contributed by atoms with E-state index in [1.165, 1.54) is 11.9 Å². The Balaban J connectivity index is 1.66. The number of para-hydroxylation sites is 2. The van der Waals surface area contributed by atoms with Crippen LogP contribution in [0, 0.1) is 0 Å². The van der Waals surface area contributed by atoms with Crippen molar-refractivity contribution in [3.8, 4) is 5.95 Å². The largest absolute Gasteiger partial charge is 0.369 e. The molecule has 2 aromatic heterocycles. The molecule has 0 aliphatic rings. The molecule has 3 N–H and O–H groups in total. The van der Waals surface area contributed by atoms with Crippen LogP contribution in [0.2, 0.25) is 0 Å². The number of anilines is 3. The van der Waals surface area contributed by atoms with Gasteiger partial charge in [0.1, 0.15) is 6.33 Å². The van der Waals surface area contributed by atoms with Crippen LogP contribution in [0.1, 0.15) is 26.3 Å². The van der Waals surface area contributed by atoms with Gasteiger partial charge in [0.25, 0.3) is 0 Å². The van der Waals surface area contributed by atoms with Crippen LogP contribution in [0.4, 0.5) is 17.6 Å². The fourth-order valence-corrected chi connectivity index (χ4v) is 2.89. The summed E-state index contributed by atoms with van der Waals surface area (Å²) in [7, 11) is 0. The molecule has 0 atom stereocenters. The summed E-state index contributed by atoms with van der Waals surface area (Å²) in [4.78, 5) is 17.3. The van der Waals surface area contributed by atoms with E-state index in [9.17, 15) is 0 Å². The molecule has 136 valence electrons. The molecule has 27 heavy (non-hydrogen) atoms. The van der Waals surface area contributed by atoms with Gasteiger partial charge in [0.2, 0.25) is 17.8 Å². The Labute approximate surface area is 157 Å². The van der Waals surface area contributed by atoms with Gasteiger partial charge in [0.15, 0.2) is 0 Å². The van der Waals surface area contributed by atoms with Crippen LogP contribution < -0.4 is 11.1 Å². The molecule has 0 aliphatic heterocycles. The third kappa shape index (κ3) is 3.31. The maximum absolute atomic E-state index is 6.08. The highest BCUT2D eigenvalue weighted by molar-refractivity contribution is 5.80. The highest BCUT2D eigenvalue weighted by Crippen LogP contribution is 2.25. The zero-order valence-electron chi connectivity index (χ0n) is 15.5. The van der Waals surface area contributed by atoms with E-state index >= 15 is 0 Å². The third-order valence-corrected chi connectivity index (χ3v) is 4.35. The zero-order chi connectivity index (χ0) is 19.0. The van der Waals surface area contributed by atoms with Crippen molar-refractivity contribution in [2.24, 2.45) is 0 Å². The second-order valence-electron chi connectivity index (χ2n) is 7.36. The summed E-state index contributed by atoms with van der Waals surface area (Å²) in [6.07, 6.45) is 1.46. The summed E-state index contributed by atoms with van der Waals surface area (Å²) in [6.45, 7) is 6.56. The molecule has 0 bridgehead atoms. The van der Waals surface area contributed by atoms with Gasteiger partial charge in [-0.3, -0.25) is 0 Å². The normalized spacial score (nSPS) is 11.7. The van der Waals surface area contributed by atoms with Crippen molar-refractivity contribution < 1.29 is 0 Å². The lowest BCUT2D eigenvalue weighted by Gasteiger charge is -2.19. The molecule has 0 spiro atoms. The minimum absolute atomic E-state index is 0.110. The Morgan fingerprint density at radius 3 is 2.41 bits per heavy atom. The van der Waals surface area contributed by atoms with Crippen molar-refractivity contribution in [1.82, 2.24) is 24.5 Å². The van der Waals surface area contributed by atoms with E-state index in [2.05, 4.69) is 58.2 Å². The number of hydrogen-bond acceptors (Lipinski definition) is 6. The molecule has 4 rings (SSSR count). The van der Waals surface area contributed by atoms with E-state index in [0.717, 1.165) is 16.7 Å². The fourth-order valence-electron chi connectivity index (χ4n) is 2.89. The van der Waals surface area contributed by atoms with Gasteiger partial charge in [-0.15, -0.1) is 0 Å². The van der Waals surface area contributed by atoms with E-state index in [1.807, 2.05) is 36.4 Å². The summed E-state index contributed by atoms with van der Waals surface area (Å²) in [6, 6.07) is 15.9. The molecule has 0 fully saturated rings. The predicted octanol–water partition coefficient (Wildman–Crippen LogP) is 3.83. The van der Waals surface area contributed by atoms with Crippen LogP contribution in [0.3, 0.4) is 0 Å². The number of nitrogens with one attached hydrogen (secondary N) is 1. The first-order chi connectivity index (χ1) is 12.9. The van der Waals surface area contributed by atoms with Crippen LogP contribution in [0.15, 0.2) is 54.9 Å². The molecule has 0 saturated carbocycles. The Morgan fingerprint density at radius 2 is 1.67 bits per heavy atom. The van der Waals surface area contributed by atoms with Crippen LogP contribution in [-0.4, -0.2) is 24.5 Å². The molecule has 0 aliphatic carbocycles. The molecule has 2 aromatic carbocycles. The monoisotopic (exact) mass is 359 g/mol. The van der Waals surface area contributed by atoms with Crippen molar-refractivity contribution in [3.05, 3.63) is 60.4 Å². The Morgan fingerprint density at radius 1 is 0.926 bits per heavy atom. The van der Waals surface area contributed by atoms with Gasteiger partial charge in [-0.2, -0.15) is 4.98 Å². The van der Waals surface area contributed by atoms with Gasteiger partial charge in [0.05, 0.1) is 11.0 Å². The van der Waals surface area contributed by atoms with Crippen LogP contribution >= 0.6 is 0 Å². The SMILES string of the molecule is CC(C)(C)c1ccc(Nc2ncnc(-n3c(N)nc4ccccc43)n2)cc1. The van der Waals surface area contributed by atoms with Gasteiger partial charge in [-0.1, -0.05) is 45.0 Å². The lowest BCUT2D eigenvalue weighted by Crippen LogP contribution is -2.11. The second kappa shape index (κ2) is 6.35. The molecule has 0 saturated heterocycles. The average molecular weight is 359 g/mol. The smallest absolute Gasteiger partial charge is 0.241 e. The minimum Gasteiger partial charge on any atom is -0.369 e. The molecule has 7 heteroatoms. The summed E-state index contributed by atoms with van der Waals surface area (Å²) >= 11 is 0. The first-order valence-corrected chi connectivity index (χ1v) is 8.72. The Hall–Kier alpha value is -3.48. The lowest BCUT2D eigenvalue weighted by molar-refractivity contribution is 0.590. The number of benzene rings is 2. The van der Waals surface area contributed by atoms with Gasteiger partial charge in [-0.25, -0.2) is 19.5 Å². The number of rotatable bonds is 3. The maximum Gasteiger partial charge on any atom is 0.241 e. The maximum atomic E-state index is 6.08. The quantitative estimate of drug-likeness (QED) is 0.577. The Bertz CT molecular complexity index is 1090. The number of nitrogen functional groups attached to an aromatic ring is 1. The van der Waals surface area contributed by atoms with Crippen molar-refractivity contribution >= 4 is 28.6 Å². The van der Waals surface area contributed by atoms with E-state index in [-0.39, 0.29) is 5.41 Å². The van der Waals surface area contributed by atoms with Crippen molar-refractivity contribution in [1.29, 1.82) is 0 Å². The molecule has 0 amide bonds. The van der Waals surface area contributed by atoms with Crippen molar-refractivity contribution in [2.75, 3.05) is 11.1 Å². The lowest BCUT2D eigenvalue weighted by atomic mass is 9.87. The van der Waals surface area contributed by atoms with Crippen LogP contribution in [0.25, 0.3) is 17.0 Å². The third-order valence-electron chi connectivity index (χ3n) is 4.35. The molecule has 7 nitrogen and oxygen atoms in total. The van der Waals surface area contributed by atoms with E-state index < -0.39 is 0 Å². The second-order valence-corrected chi connectivity index (χ2v) is 7.36. The topological polar surface area (TPSA) is 94.5 Å². The molecule has 0 unspecified atom stereocenters. The highest BCUT2D eigenvalue weighted by Gasteiger charge is 2.14. The van der Waals surface area contributed by atoms with Crippen molar-refractivity contribution in [2.45, 2.75) is 26.2 Å². The predicted molar refractivity (Wildman–Crippen MR) is 107 cm³/mol. The van der Waals surface area contributed by atoms with E-state index in [4.69, 9.17) is 5.73 Å². The first kappa shape index (κ1) is 17.0. The first-order valence-electron chi connectivity index (χ1n) is 8.72. The highest BCUT2D eigenvalue weighted by atomic mass is 15.3. The van der Waals surface area contributed by atoms with E-state index in [1.54, 1.807) is 4.57 Å². The van der Waals surface area contributed by atoms with E-state index in [0.29, 0.717) is 17.8 Å². The van der Waals surface area contributed by atoms with Gasteiger partial charge >= 0.3 is 0 Å². The summed E-state index contributed by atoms with van der Waals surface area (Å²) < 4.78 is 1.71. The number of hydrogen-bond donors (Lipinski definition) is 2. The van der Waals surface area contributed by atoms with Gasteiger partial charge in [0, 0.05) is 5.69 Å². The number of nitrogens with two attached hydrogens (primary N) is 1. The number of nitrogens with zero attached hydrogens (tertiary/aromatic N) is 5. The van der Waals surface area contributed by atoms with Gasteiger partial charge < -0.3 is 11.1 Å². The average Bonchev–Trinajstić information content (AvgIpc) is 2.97. The van der Waals surface area contributed by atoms with Gasteiger partial charge in [-0.05, 0) is 35.2 Å². The Kier molecular flexibility index (Phi) is 3.99. The molecular weight excluding hydrogens is 338 g/mol. The summed E-state index contributed by atoms with van der Waals surface area (Å²) in [5.74, 6) is 1.20. The fraction of sp³-hybridized carbons (Fsp3) is 0.200. The van der Waals surface area contributed by atoms with Crippen molar-refractivity contribution in [3.63, 3.8) is 0 Å². The standard InChI is InChI=1S/C20H21N7/c1-20(2,3)13-8-10-14(11-9-13)24-18-22-12-23-19(26-18)27-16-7-5-4-6-15(16)25-17(27)21/h4-12H,1-3H3,(H2,21,25)(H,22,23,24,26). The molecule has 2 heterocycles. The number of fused-ring (bicyclic) bond motifs is 1. The number of aromatic nitrogens is 5. The van der Waals surface area contributed by atoms with Crippen LogP contribution in [0.5, 0.6) is 0 Å². The summed E-state index contributed by atoms with van der Waals surface area (Å²) in [5.41, 5.74) is 10.0. The minimum atomic E-state index is 0.110. The summed E-state index contributed by atoms with van der Waals surface area (Å²) in [5, 5.41) is 3.22. The zero-order valence-corrected chi connectivity index (χ0v) is 15.5. The number of imidazole rings is 1. The molecule has 4 aromatic rings.